The largest absolute Gasteiger partial charge is 0.454 e. The van der Waals surface area contributed by atoms with Crippen molar-refractivity contribution in [2.24, 2.45) is 0 Å². The smallest absolute Gasteiger partial charge is 0.331 e. The van der Waals surface area contributed by atoms with Gasteiger partial charge in [-0.1, -0.05) is 48.6 Å². The van der Waals surface area contributed by atoms with Crippen LogP contribution in [0.3, 0.4) is 0 Å². The Balaban J connectivity index is 2.06. The molecule has 0 aliphatic rings. The number of ether oxygens (including phenoxy) is 1. The van der Waals surface area contributed by atoms with Gasteiger partial charge in [0.25, 0.3) is 0 Å². The second kappa shape index (κ2) is 8.83. The third kappa shape index (κ3) is 5.05. The number of hydrogen-bond acceptors (Lipinski definition) is 3. The van der Waals surface area contributed by atoms with Crippen LogP contribution in [0.2, 0.25) is 0 Å². The first kappa shape index (κ1) is 18.5. The van der Waals surface area contributed by atoms with E-state index in [0.717, 1.165) is 11.4 Å². The second-order valence-corrected chi connectivity index (χ2v) is 5.77. The van der Waals surface area contributed by atoms with E-state index in [2.05, 4.69) is 16.7 Å². The number of nitrogens with zero attached hydrogens (tertiary/aromatic N) is 1. The summed E-state index contributed by atoms with van der Waals surface area (Å²) in [6.45, 7) is 6.19. The molecule has 0 radical (unpaired) electrons. The van der Waals surface area contributed by atoms with E-state index in [9.17, 15) is 9.59 Å². The minimum atomic E-state index is -0.524. The molecule has 0 bridgehead atoms. The molecule has 25 heavy (non-hydrogen) atoms. The van der Waals surface area contributed by atoms with E-state index in [-0.39, 0.29) is 12.4 Å². The third-order valence-corrected chi connectivity index (χ3v) is 3.94. The molecule has 0 aliphatic carbocycles. The number of carbonyl (C=O) groups excluding carboxylic acids is 2. The summed E-state index contributed by atoms with van der Waals surface area (Å²) in [4.78, 5) is 23.9. The number of aryl methyl sites for hydroxylation is 1. The quantitative estimate of drug-likeness (QED) is 0.332. The van der Waals surface area contributed by atoms with Crippen LogP contribution in [-0.4, -0.2) is 22.9 Å². The van der Waals surface area contributed by atoms with Crippen LogP contribution in [0.1, 0.15) is 34.2 Å². The monoisotopic (exact) mass is 337 g/mol. The van der Waals surface area contributed by atoms with Crippen LogP contribution in [0.25, 0.3) is 0 Å². The van der Waals surface area contributed by atoms with Crippen molar-refractivity contribution in [3.8, 4) is 0 Å². The van der Waals surface area contributed by atoms with Crippen molar-refractivity contribution < 1.29 is 14.3 Å². The number of ketones is 1. The highest BCUT2D eigenvalue weighted by Crippen LogP contribution is 2.18. The maximum absolute atomic E-state index is 12.4. The molecule has 0 aliphatic heterocycles. The molecular weight excluding hydrogens is 314 g/mol. The summed E-state index contributed by atoms with van der Waals surface area (Å²) in [5.74, 6) is -0.718. The number of aromatic nitrogens is 1. The molecule has 0 N–H and O–H groups in total. The first-order valence-electron chi connectivity index (χ1n) is 8.23. The van der Waals surface area contributed by atoms with E-state index in [4.69, 9.17) is 4.74 Å². The van der Waals surface area contributed by atoms with Gasteiger partial charge in [-0.05, 0) is 32.4 Å². The van der Waals surface area contributed by atoms with Crippen molar-refractivity contribution in [3.05, 3.63) is 83.2 Å². The molecule has 130 valence electrons. The molecule has 1 aromatic heterocycles. The van der Waals surface area contributed by atoms with E-state index < -0.39 is 5.97 Å². The van der Waals surface area contributed by atoms with Gasteiger partial charge in [0.1, 0.15) is 0 Å². The Morgan fingerprint density at radius 2 is 1.84 bits per heavy atom. The summed E-state index contributed by atoms with van der Waals surface area (Å²) in [6.07, 6.45) is 6.40. The van der Waals surface area contributed by atoms with E-state index in [1.165, 1.54) is 11.6 Å². The lowest BCUT2D eigenvalue weighted by Gasteiger charge is -2.10. The maximum Gasteiger partial charge on any atom is 0.331 e. The van der Waals surface area contributed by atoms with Crippen LogP contribution in [0.4, 0.5) is 0 Å². The number of allylic oxidation sites excluding steroid dienone is 3. The number of benzene rings is 1. The van der Waals surface area contributed by atoms with Crippen molar-refractivity contribution in [1.82, 2.24) is 4.57 Å². The average Bonchev–Trinajstić information content (AvgIpc) is 2.89. The lowest BCUT2D eigenvalue weighted by molar-refractivity contribution is -0.136. The molecule has 0 fully saturated rings. The van der Waals surface area contributed by atoms with Crippen LogP contribution < -0.4 is 0 Å². The zero-order valence-electron chi connectivity index (χ0n) is 14.9. The Hall–Kier alpha value is -2.88. The van der Waals surface area contributed by atoms with Gasteiger partial charge in [0.15, 0.2) is 6.61 Å². The van der Waals surface area contributed by atoms with Crippen LogP contribution in [0.5, 0.6) is 0 Å². The molecule has 2 rings (SSSR count). The van der Waals surface area contributed by atoms with Crippen LogP contribution in [0.15, 0.2) is 60.7 Å². The lowest BCUT2D eigenvalue weighted by Crippen LogP contribution is -2.13. The topological polar surface area (TPSA) is 48.3 Å². The Morgan fingerprint density at radius 1 is 1.12 bits per heavy atom. The van der Waals surface area contributed by atoms with Crippen molar-refractivity contribution >= 4 is 11.8 Å². The van der Waals surface area contributed by atoms with E-state index in [0.29, 0.717) is 12.1 Å². The van der Waals surface area contributed by atoms with Crippen LogP contribution in [-0.2, 0) is 16.1 Å². The minimum absolute atomic E-state index is 0.194. The standard InChI is InChI=1S/C21H23NO3/c1-4-5-7-12-21(24)25-15-20(23)19-13-16(2)22(17(19)3)14-18-10-8-6-9-11-18/h4-13H,14-15H2,1-3H3/b5-4+,12-7+. The van der Waals surface area contributed by atoms with Gasteiger partial charge >= 0.3 is 5.97 Å². The summed E-state index contributed by atoms with van der Waals surface area (Å²) in [5, 5.41) is 0. The number of rotatable bonds is 7. The first-order chi connectivity index (χ1) is 12.0. The number of Topliss-reactive ketones (excluding diaryl/α,β-unsaturated/α-hetero) is 1. The van der Waals surface area contributed by atoms with Gasteiger partial charge in [-0.15, -0.1) is 0 Å². The first-order valence-corrected chi connectivity index (χ1v) is 8.23. The molecule has 0 saturated heterocycles. The van der Waals surface area contributed by atoms with Crippen molar-refractivity contribution in [2.45, 2.75) is 27.3 Å². The van der Waals surface area contributed by atoms with Crippen molar-refractivity contribution in [1.29, 1.82) is 0 Å². The molecule has 0 spiro atoms. The Bertz CT molecular complexity index is 798. The highest BCUT2D eigenvalue weighted by Gasteiger charge is 2.17. The summed E-state index contributed by atoms with van der Waals surface area (Å²) >= 11 is 0. The fraction of sp³-hybridized carbons (Fsp3) is 0.238. The predicted molar refractivity (Wildman–Crippen MR) is 98.7 cm³/mol. The van der Waals surface area contributed by atoms with Gasteiger partial charge in [-0.3, -0.25) is 4.79 Å². The molecule has 4 heteroatoms. The van der Waals surface area contributed by atoms with Gasteiger partial charge < -0.3 is 9.30 Å². The summed E-state index contributed by atoms with van der Waals surface area (Å²) in [5.41, 5.74) is 3.65. The van der Waals surface area contributed by atoms with E-state index >= 15 is 0 Å². The zero-order valence-corrected chi connectivity index (χ0v) is 14.9. The fourth-order valence-electron chi connectivity index (χ4n) is 2.60. The van der Waals surface area contributed by atoms with E-state index in [1.54, 1.807) is 18.2 Å². The van der Waals surface area contributed by atoms with Crippen molar-refractivity contribution in [2.75, 3.05) is 6.61 Å². The van der Waals surface area contributed by atoms with Gasteiger partial charge in [-0.2, -0.15) is 0 Å². The molecule has 4 nitrogen and oxygen atoms in total. The van der Waals surface area contributed by atoms with Gasteiger partial charge in [0, 0.05) is 29.6 Å². The maximum atomic E-state index is 12.4. The molecule has 2 aromatic rings. The van der Waals surface area contributed by atoms with E-state index in [1.807, 2.05) is 45.0 Å². The summed E-state index contributed by atoms with van der Waals surface area (Å²) in [6, 6.07) is 11.9. The van der Waals surface area contributed by atoms with Gasteiger partial charge in [-0.25, -0.2) is 4.79 Å². The molecule has 1 heterocycles. The minimum Gasteiger partial charge on any atom is -0.454 e. The molecule has 0 atom stereocenters. The average molecular weight is 337 g/mol. The SMILES string of the molecule is C/C=C/C=C/C(=O)OCC(=O)c1cc(C)n(Cc2ccccc2)c1C. The number of hydrogen-bond donors (Lipinski definition) is 0. The number of esters is 1. The Morgan fingerprint density at radius 3 is 2.52 bits per heavy atom. The molecular formula is C21H23NO3. The van der Waals surface area contributed by atoms with Crippen LogP contribution >= 0.6 is 0 Å². The van der Waals surface area contributed by atoms with Crippen LogP contribution in [0, 0.1) is 13.8 Å². The van der Waals surface area contributed by atoms with Gasteiger partial charge in [0.2, 0.25) is 5.78 Å². The highest BCUT2D eigenvalue weighted by molar-refractivity contribution is 5.99. The van der Waals surface area contributed by atoms with Gasteiger partial charge in [0.05, 0.1) is 0 Å². The normalized spacial score (nSPS) is 11.3. The Labute approximate surface area is 148 Å². The predicted octanol–water partition coefficient (Wildman–Crippen LogP) is 4.01. The summed E-state index contributed by atoms with van der Waals surface area (Å²) in [7, 11) is 0. The molecule has 1 aromatic carbocycles. The lowest BCUT2D eigenvalue weighted by atomic mass is 10.1. The summed E-state index contributed by atoms with van der Waals surface area (Å²) < 4.78 is 7.10. The Kier molecular flexibility index (Phi) is 6.52. The third-order valence-electron chi connectivity index (χ3n) is 3.94. The van der Waals surface area contributed by atoms with Crippen molar-refractivity contribution in [3.63, 3.8) is 0 Å². The fourth-order valence-corrected chi connectivity index (χ4v) is 2.60. The number of carbonyl (C=O) groups is 2. The molecule has 0 amide bonds. The highest BCUT2D eigenvalue weighted by atomic mass is 16.5. The molecule has 0 unspecified atom stereocenters. The molecule has 0 saturated carbocycles. The second-order valence-electron chi connectivity index (χ2n) is 5.77. The zero-order chi connectivity index (χ0) is 18.2.